The van der Waals surface area contributed by atoms with Crippen molar-refractivity contribution in [1.82, 2.24) is 0 Å². The molecule has 0 saturated heterocycles. The fourth-order valence-corrected chi connectivity index (χ4v) is 13.9. The van der Waals surface area contributed by atoms with E-state index in [9.17, 15) is 24.9 Å². The minimum Gasteiger partial charge on any atom is -0.462 e. The van der Waals surface area contributed by atoms with E-state index < -0.39 is 35.2 Å². The molecule has 312 valence electrons. The summed E-state index contributed by atoms with van der Waals surface area (Å²) in [6, 6.07) is 10.6. The summed E-state index contributed by atoms with van der Waals surface area (Å²) in [5.41, 5.74) is -0.484. The number of cyclic esters (lactones) is 1. The van der Waals surface area contributed by atoms with Crippen molar-refractivity contribution in [2.75, 3.05) is 6.61 Å². The van der Waals surface area contributed by atoms with E-state index in [4.69, 9.17) is 9.47 Å². The van der Waals surface area contributed by atoms with Crippen molar-refractivity contribution in [3.8, 4) is 0 Å². The number of aliphatic hydroxyl groups is 3. The molecule has 5 fully saturated rings. The highest BCUT2D eigenvalue weighted by atomic mass is 16.5. The first-order valence-corrected chi connectivity index (χ1v) is 23.1. The highest BCUT2D eigenvalue weighted by Crippen LogP contribution is 2.70. The fraction of sp³-hybridized carbons (Fsp3) is 0.796. The summed E-state index contributed by atoms with van der Waals surface area (Å²) in [6.07, 6.45) is 20.9. The van der Waals surface area contributed by atoms with E-state index in [0.717, 1.165) is 82.6 Å². The summed E-state index contributed by atoms with van der Waals surface area (Å²) in [5, 5.41) is 39.6. The molecule has 6 aliphatic rings. The maximum absolute atomic E-state index is 14.2. The number of benzene rings is 1. The lowest BCUT2D eigenvalue weighted by Gasteiger charge is -2.70. The van der Waals surface area contributed by atoms with Gasteiger partial charge in [-0.2, -0.15) is 0 Å². The summed E-state index contributed by atoms with van der Waals surface area (Å²) in [5.74, 6) is -0.637. The number of ether oxygens (including phenoxy) is 2. The van der Waals surface area contributed by atoms with Gasteiger partial charge in [0.25, 0.3) is 0 Å². The van der Waals surface area contributed by atoms with E-state index in [2.05, 4.69) is 44.2 Å². The van der Waals surface area contributed by atoms with Crippen LogP contribution in [0.3, 0.4) is 0 Å². The Kier molecular flexibility index (Phi) is 13.1. The van der Waals surface area contributed by atoms with Gasteiger partial charge < -0.3 is 24.8 Å². The Bertz CT molecular complexity index is 1500. The molecule has 0 radical (unpaired) electrons. The first-order chi connectivity index (χ1) is 26.9. The lowest BCUT2D eigenvalue weighted by molar-refractivity contribution is -0.328. The van der Waals surface area contributed by atoms with Gasteiger partial charge in [-0.15, -0.1) is 0 Å². The zero-order chi connectivity index (χ0) is 39.6. The van der Waals surface area contributed by atoms with Crippen molar-refractivity contribution >= 4 is 11.9 Å². The number of hydrogen-bond acceptors (Lipinski definition) is 7. The van der Waals surface area contributed by atoms with Crippen LogP contribution in [-0.2, 0) is 25.5 Å². The van der Waals surface area contributed by atoms with Crippen LogP contribution in [0.5, 0.6) is 0 Å². The molecule has 7 nitrogen and oxygen atoms in total. The molecule has 9 unspecified atom stereocenters. The van der Waals surface area contributed by atoms with Gasteiger partial charge in [-0.1, -0.05) is 89.6 Å². The quantitative estimate of drug-likeness (QED) is 0.161. The first kappa shape index (κ1) is 41.9. The summed E-state index contributed by atoms with van der Waals surface area (Å²) < 4.78 is 12.1. The predicted molar refractivity (Wildman–Crippen MR) is 219 cm³/mol. The molecule has 5 saturated carbocycles. The Hall–Kier alpha value is -2.22. The first-order valence-electron chi connectivity index (χ1n) is 23.1. The number of aryl methyl sites for hydroxylation is 1. The lowest BCUT2D eigenvalue weighted by Crippen LogP contribution is -2.77. The monoisotopic (exact) mass is 775 g/mol. The SMILES string of the molecule is CC(CCCc1ccccc1)CCC(O)C12C(O)CCC(C)(C3CCC4(CCCC4)CC3)C1C(OC(=O)C1CCCCC1)CC(C)C2(O)CCC1=CC(=O)OC1. The van der Waals surface area contributed by atoms with Gasteiger partial charge in [0.2, 0.25) is 0 Å². The predicted octanol–water partition coefficient (Wildman–Crippen LogP) is 9.83. The third kappa shape index (κ3) is 8.18. The number of hydrogen-bond donors (Lipinski definition) is 3. The van der Waals surface area contributed by atoms with E-state index in [-0.39, 0.29) is 35.8 Å². The molecule has 1 aromatic rings. The molecule has 0 bridgehead atoms. The summed E-state index contributed by atoms with van der Waals surface area (Å²) >= 11 is 0. The number of carbonyl (C=O) groups is 2. The molecular weight excluding hydrogens is 701 g/mol. The molecular formula is C49H74O7. The largest absolute Gasteiger partial charge is 0.462 e. The smallest absolute Gasteiger partial charge is 0.331 e. The Balaban J connectivity index is 1.24. The van der Waals surface area contributed by atoms with E-state index in [1.807, 2.05) is 6.92 Å². The minimum absolute atomic E-state index is 0.112. The Morgan fingerprint density at radius 1 is 0.911 bits per heavy atom. The zero-order valence-electron chi connectivity index (χ0n) is 35.0. The molecule has 0 amide bonds. The summed E-state index contributed by atoms with van der Waals surface area (Å²) in [7, 11) is 0. The topological polar surface area (TPSA) is 113 Å². The molecule has 1 aromatic carbocycles. The highest BCUT2D eigenvalue weighted by Gasteiger charge is 2.74. The van der Waals surface area contributed by atoms with Crippen LogP contribution in [0.25, 0.3) is 0 Å². The molecule has 1 aliphatic heterocycles. The minimum atomic E-state index is -1.46. The standard InChI is InChI=1S/C49H74O7/c1-34(13-12-16-36-14-6-4-7-15-36)19-20-41(50)49-42(51)24-27-46(3,39-22-28-47(29-23-39)25-10-11-26-47)44(49)40(56-45(53)38-17-8-5-9-18-38)31-35(2)48(49,54)30-21-37-32-43(52)55-33-37/h4,6-7,14-15,32,34-35,38-42,44,50-51,54H,5,8-13,16-31,33H2,1-3H3. The van der Waals surface area contributed by atoms with Gasteiger partial charge in [0, 0.05) is 12.0 Å². The van der Waals surface area contributed by atoms with Crippen molar-refractivity contribution in [3.05, 3.63) is 47.5 Å². The van der Waals surface area contributed by atoms with Gasteiger partial charge in [-0.3, -0.25) is 4.79 Å². The second-order valence-corrected chi connectivity index (χ2v) is 20.3. The molecule has 56 heavy (non-hydrogen) atoms. The molecule has 7 heteroatoms. The average molecular weight is 775 g/mol. The molecule has 0 aromatic heterocycles. The molecule has 5 aliphatic carbocycles. The number of aliphatic hydroxyl groups excluding tert-OH is 2. The van der Waals surface area contributed by atoms with Gasteiger partial charge in [-0.25, -0.2) is 4.79 Å². The van der Waals surface area contributed by atoms with Crippen LogP contribution in [0.2, 0.25) is 0 Å². The number of fused-ring (bicyclic) bond motifs is 1. The van der Waals surface area contributed by atoms with Gasteiger partial charge in [0.05, 0.1) is 29.1 Å². The fourth-order valence-electron chi connectivity index (χ4n) is 13.9. The van der Waals surface area contributed by atoms with Crippen molar-refractivity contribution in [3.63, 3.8) is 0 Å². The van der Waals surface area contributed by atoms with Gasteiger partial charge >= 0.3 is 11.9 Å². The van der Waals surface area contributed by atoms with Crippen LogP contribution >= 0.6 is 0 Å². The van der Waals surface area contributed by atoms with Crippen LogP contribution in [0.4, 0.5) is 0 Å². The molecule has 1 heterocycles. The Morgan fingerprint density at radius 2 is 1.62 bits per heavy atom. The van der Waals surface area contributed by atoms with Gasteiger partial charge in [-0.05, 0) is 149 Å². The number of carbonyl (C=O) groups excluding carboxylic acids is 2. The summed E-state index contributed by atoms with van der Waals surface area (Å²) in [6.45, 7) is 6.92. The maximum Gasteiger partial charge on any atom is 0.331 e. The number of rotatable bonds is 14. The van der Waals surface area contributed by atoms with Crippen LogP contribution < -0.4 is 0 Å². The van der Waals surface area contributed by atoms with Crippen LogP contribution in [-0.4, -0.2) is 57.8 Å². The van der Waals surface area contributed by atoms with Gasteiger partial charge in [0.1, 0.15) is 12.7 Å². The molecule has 3 N–H and O–H groups in total. The third-order valence-electron chi connectivity index (χ3n) is 17.1. The normalized spacial score (nSPS) is 36.1. The highest BCUT2D eigenvalue weighted by molar-refractivity contribution is 5.85. The third-order valence-corrected chi connectivity index (χ3v) is 17.1. The van der Waals surface area contributed by atoms with E-state index in [1.54, 1.807) is 6.08 Å². The Labute approximate surface area is 337 Å². The van der Waals surface area contributed by atoms with E-state index >= 15 is 0 Å². The van der Waals surface area contributed by atoms with Crippen LogP contribution in [0, 0.1) is 45.8 Å². The maximum atomic E-state index is 14.2. The van der Waals surface area contributed by atoms with Crippen molar-refractivity contribution < 1.29 is 34.4 Å². The van der Waals surface area contributed by atoms with Crippen LogP contribution in [0.1, 0.15) is 168 Å². The lowest BCUT2D eigenvalue weighted by atomic mass is 9.37. The Morgan fingerprint density at radius 3 is 2.30 bits per heavy atom. The van der Waals surface area contributed by atoms with Gasteiger partial charge in [0.15, 0.2) is 0 Å². The van der Waals surface area contributed by atoms with Crippen molar-refractivity contribution in [2.45, 2.75) is 192 Å². The van der Waals surface area contributed by atoms with E-state index in [1.165, 1.54) is 44.1 Å². The molecule has 1 spiro atoms. The molecule has 9 atom stereocenters. The number of esters is 2. The van der Waals surface area contributed by atoms with Crippen molar-refractivity contribution in [2.24, 2.45) is 45.8 Å². The zero-order valence-corrected chi connectivity index (χ0v) is 35.0. The second-order valence-electron chi connectivity index (χ2n) is 20.3. The summed E-state index contributed by atoms with van der Waals surface area (Å²) in [4.78, 5) is 26.4. The van der Waals surface area contributed by atoms with E-state index in [0.29, 0.717) is 49.4 Å². The molecule has 7 rings (SSSR count). The van der Waals surface area contributed by atoms with Crippen molar-refractivity contribution in [1.29, 1.82) is 0 Å². The average Bonchev–Trinajstić information content (AvgIpc) is 3.85. The van der Waals surface area contributed by atoms with Crippen LogP contribution in [0.15, 0.2) is 42.0 Å². The second kappa shape index (κ2) is 17.6.